The Morgan fingerprint density at radius 1 is 0.653 bits per heavy atom. The van der Waals surface area contributed by atoms with Gasteiger partial charge in [-0.3, -0.25) is 19.2 Å². The van der Waals surface area contributed by atoms with Crippen molar-refractivity contribution in [1.82, 2.24) is 40.4 Å². The number of halogens is 2. The number of piperidine rings is 2. The molecule has 4 aromatic heterocycles. The van der Waals surface area contributed by atoms with Crippen molar-refractivity contribution in [3.63, 3.8) is 0 Å². The first-order chi connectivity index (χ1) is 35.8. The molecule has 4 aromatic rings. The number of nitrogens with zero attached hydrogens (tertiary/aromatic N) is 6. The van der Waals surface area contributed by atoms with Crippen LogP contribution in [0.2, 0.25) is 0 Å². The number of likely N-dealkylation sites (tertiary alicyclic amines) is 2. The predicted molar refractivity (Wildman–Crippen MR) is 288 cm³/mol. The van der Waals surface area contributed by atoms with Crippen LogP contribution in [0.3, 0.4) is 0 Å². The highest BCUT2D eigenvalue weighted by atomic mass is 32.1. The van der Waals surface area contributed by atoms with Crippen LogP contribution >= 0.6 is 22.7 Å². The van der Waals surface area contributed by atoms with Gasteiger partial charge in [-0.05, 0) is 116 Å². The fourth-order valence-electron chi connectivity index (χ4n) is 9.85. The van der Waals surface area contributed by atoms with Gasteiger partial charge in [-0.25, -0.2) is 28.7 Å². The number of pyridine rings is 2. The van der Waals surface area contributed by atoms with Gasteiger partial charge in [0, 0.05) is 74.9 Å². The van der Waals surface area contributed by atoms with E-state index in [9.17, 15) is 38.2 Å². The zero-order valence-corrected chi connectivity index (χ0v) is 45.6. The summed E-state index contributed by atoms with van der Waals surface area (Å²) in [6.07, 6.45) is 16.8. The summed E-state index contributed by atoms with van der Waals surface area (Å²) in [5, 5.41) is 32.8. The zero-order chi connectivity index (χ0) is 53.4. The van der Waals surface area contributed by atoms with E-state index in [1.165, 1.54) is 49.9 Å². The molecule has 17 nitrogen and oxygen atoms in total. The number of anilines is 2. The highest BCUT2D eigenvalue weighted by Gasteiger charge is 2.35. The minimum atomic E-state index is -1.09. The monoisotopic (exact) mass is 1080 g/mol. The first kappa shape index (κ1) is 55.8. The molecule has 408 valence electrons. The van der Waals surface area contributed by atoms with Gasteiger partial charge in [-0.2, -0.15) is 0 Å². The summed E-state index contributed by atoms with van der Waals surface area (Å²) in [6, 6.07) is 4.68. The van der Waals surface area contributed by atoms with Crippen molar-refractivity contribution in [1.29, 1.82) is 0 Å². The molecule has 5 aliphatic rings. The first-order valence-corrected chi connectivity index (χ1v) is 28.4. The molecule has 0 radical (unpaired) electrons. The minimum Gasteiger partial charge on any atom is -0.493 e. The van der Waals surface area contributed by atoms with Crippen LogP contribution in [0.5, 0.6) is 5.75 Å². The normalized spacial score (nSPS) is 18.5. The van der Waals surface area contributed by atoms with Crippen LogP contribution in [0, 0.1) is 0 Å². The molecule has 9 rings (SSSR count). The number of amides is 4. The van der Waals surface area contributed by atoms with Gasteiger partial charge in [0.15, 0.2) is 21.6 Å². The lowest BCUT2D eigenvalue weighted by Crippen LogP contribution is -2.39. The third kappa shape index (κ3) is 15.2. The van der Waals surface area contributed by atoms with Crippen LogP contribution in [0.1, 0.15) is 182 Å². The van der Waals surface area contributed by atoms with Crippen LogP contribution in [0.15, 0.2) is 24.5 Å². The van der Waals surface area contributed by atoms with Crippen molar-refractivity contribution in [3.05, 3.63) is 51.5 Å². The van der Waals surface area contributed by atoms with Crippen LogP contribution in [-0.4, -0.2) is 146 Å². The van der Waals surface area contributed by atoms with Crippen LogP contribution in [0.25, 0.3) is 20.9 Å². The maximum absolute atomic E-state index is 13.8. The summed E-state index contributed by atoms with van der Waals surface area (Å²) in [6.45, 7) is 7.74. The summed E-state index contributed by atoms with van der Waals surface area (Å²) in [5.41, 5.74) is 0.754. The predicted octanol–water partition coefficient (Wildman–Crippen LogP) is 8.94. The second-order valence-electron chi connectivity index (χ2n) is 22.0. The Hall–Kier alpha value is -5.38. The lowest BCUT2D eigenvalue weighted by molar-refractivity contribution is 0.0652. The van der Waals surface area contributed by atoms with E-state index in [4.69, 9.17) is 9.72 Å². The Labute approximate surface area is 446 Å². The molecule has 5 fully saturated rings. The molecular formula is C54H74F2N10O7S2. The van der Waals surface area contributed by atoms with Gasteiger partial charge in [0.05, 0.1) is 28.1 Å². The number of ether oxygens (including phenoxy) is 1. The van der Waals surface area contributed by atoms with Gasteiger partial charge in [0.1, 0.15) is 29.5 Å². The molecule has 2 aliphatic heterocycles. The fourth-order valence-corrected chi connectivity index (χ4v) is 11.8. The molecule has 0 unspecified atom stereocenters. The number of hydrogen-bond acceptors (Lipinski definition) is 15. The molecule has 3 aliphatic carbocycles. The third-order valence-electron chi connectivity index (χ3n) is 14.3. The Morgan fingerprint density at radius 2 is 1.13 bits per heavy atom. The van der Waals surface area contributed by atoms with Gasteiger partial charge in [-0.1, -0.05) is 38.5 Å². The molecule has 0 bridgehead atoms. The van der Waals surface area contributed by atoms with Crippen LogP contribution in [-0.2, 0) is 0 Å². The summed E-state index contributed by atoms with van der Waals surface area (Å²) in [7, 11) is 1.57. The minimum absolute atomic E-state index is 0.0327. The number of methoxy groups -OCH3 is 1. The number of aliphatic hydroxyl groups is 2. The summed E-state index contributed by atoms with van der Waals surface area (Å²) >= 11 is 2.26. The summed E-state index contributed by atoms with van der Waals surface area (Å²) in [4.78, 5) is 75.5. The lowest BCUT2D eigenvalue weighted by Gasteiger charge is -2.28. The number of thiazole rings is 2. The van der Waals surface area contributed by atoms with Gasteiger partial charge in [0.2, 0.25) is 0 Å². The molecule has 0 aromatic carbocycles. The van der Waals surface area contributed by atoms with Crippen LogP contribution in [0.4, 0.5) is 20.4 Å². The van der Waals surface area contributed by atoms with E-state index in [0.29, 0.717) is 83.9 Å². The SMILES string of the molecule is CC(C)(O)CNC(=O)c1nc(C(=O)N2CCC(F)CC2)c(-c2cnc(NC3CCCCC3)cc2C2CC2)s1.COc1cc(-c2sc(C(=O)NCC(C)(C)O)nc2C(=O)N2CCC(F)CC2)cnc1NC1CCCCC1. The number of nitrogens with one attached hydrogen (secondary N) is 4. The quantitative estimate of drug-likeness (QED) is 0.0617. The van der Waals surface area contributed by atoms with Crippen molar-refractivity contribution >= 4 is 57.9 Å². The average molecular weight is 1080 g/mol. The highest BCUT2D eigenvalue weighted by Crippen LogP contribution is 2.47. The molecule has 0 atom stereocenters. The Morgan fingerprint density at radius 3 is 1.61 bits per heavy atom. The van der Waals surface area contributed by atoms with Crippen molar-refractivity contribution < 1.29 is 42.9 Å². The standard InChI is InChI=1S/C28H38FN5O3S.C26H36FN5O4S/c1-28(2,37)16-31-25(35)26-33-23(27(36)34-12-10-18(29)11-13-34)24(38-26)21-15-30-22(14-20(21)17-8-9-17)32-19-6-4-3-5-7-19;1-26(2,35)15-29-23(33)24-31-20(25(34)32-11-9-17(27)10-12-32)21(37-24)16-13-19(36-3)22(28-14-16)30-18-7-5-4-6-8-18/h14-15,17-19,37H,3-13,16H2,1-2H3,(H,30,32)(H,31,35);13-14,17-18,35H,4-12,15H2,1-3H3,(H,28,30)(H,29,33). The first-order valence-electron chi connectivity index (χ1n) is 26.8. The van der Waals surface area contributed by atoms with E-state index in [0.717, 1.165) is 66.8 Å². The second-order valence-corrected chi connectivity index (χ2v) is 24.0. The Bertz CT molecular complexity index is 2620. The van der Waals surface area contributed by atoms with Gasteiger partial charge < -0.3 is 46.0 Å². The molecule has 4 amide bonds. The average Bonchev–Trinajstić information content (AvgIpc) is 4.00. The number of rotatable bonds is 16. The number of carbonyl (C=O) groups is 4. The van der Waals surface area contributed by atoms with Crippen LogP contribution < -0.4 is 26.0 Å². The zero-order valence-electron chi connectivity index (χ0n) is 43.9. The van der Waals surface area contributed by atoms with Crippen molar-refractivity contribution in [3.8, 4) is 26.6 Å². The number of alkyl halides is 2. The van der Waals surface area contributed by atoms with E-state index in [1.807, 2.05) is 6.20 Å². The Balaban J connectivity index is 0.000000199. The number of carbonyl (C=O) groups excluding carboxylic acids is 4. The smallest absolute Gasteiger partial charge is 0.280 e. The van der Waals surface area contributed by atoms with E-state index in [-0.39, 0.29) is 59.1 Å². The van der Waals surface area contributed by atoms with Crippen molar-refractivity contribution in [2.45, 2.75) is 172 Å². The lowest BCUT2D eigenvalue weighted by atomic mass is 9.95. The third-order valence-corrected chi connectivity index (χ3v) is 16.5. The summed E-state index contributed by atoms with van der Waals surface area (Å²) < 4.78 is 33.1. The maximum atomic E-state index is 13.8. The topological polar surface area (TPSA) is 224 Å². The number of aromatic nitrogens is 4. The molecule has 2 saturated heterocycles. The largest absolute Gasteiger partial charge is 0.493 e. The summed E-state index contributed by atoms with van der Waals surface area (Å²) in [5.74, 6) is 0.887. The molecule has 0 spiro atoms. The highest BCUT2D eigenvalue weighted by molar-refractivity contribution is 7.17. The Kier molecular flexibility index (Phi) is 18.4. The van der Waals surface area contributed by atoms with Crippen molar-refractivity contribution in [2.24, 2.45) is 0 Å². The van der Waals surface area contributed by atoms with E-state index in [1.54, 1.807) is 56.9 Å². The molecule has 3 saturated carbocycles. The fraction of sp³-hybridized carbons (Fsp3) is 0.630. The van der Waals surface area contributed by atoms with E-state index in [2.05, 4.69) is 42.3 Å². The molecule has 6 N–H and O–H groups in total. The van der Waals surface area contributed by atoms with Gasteiger partial charge >= 0.3 is 0 Å². The molecule has 75 heavy (non-hydrogen) atoms. The van der Waals surface area contributed by atoms with Gasteiger partial charge in [-0.15, -0.1) is 22.7 Å². The van der Waals surface area contributed by atoms with E-state index < -0.39 is 35.4 Å². The number of hydrogen-bond donors (Lipinski definition) is 6. The van der Waals surface area contributed by atoms with E-state index >= 15 is 0 Å². The maximum Gasteiger partial charge on any atom is 0.280 e. The molecule has 6 heterocycles. The molecular weight excluding hydrogens is 1000 g/mol. The second kappa shape index (κ2) is 24.7. The molecule has 21 heteroatoms. The van der Waals surface area contributed by atoms with Gasteiger partial charge in [0.25, 0.3) is 23.6 Å². The van der Waals surface area contributed by atoms with Crippen molar-refractivity contribution in [2.75, 3.05) is 57.0 Å².